The number of carbonyl (C=O) groups excluding carboxylic acids is 2. The number of benzene rings is 2. The van der Waals surface area contributed by atoms with Crippen LogP contribution in [0.25, 0.3) is 0 Å². The van der Waals surface area contributed by atoms with E-state index in [-0.39, 0.29) is 35.6 Å². The SMILES string of the molecule is CCOC(=O)C1=C(C)N(c2ccc(OC)cc2)C(C)=C(C(=O)OCC)C1c1ccccc1[N+](=O)[O-]. The number of nitrogens with zero attached hydrogens (tertiary/aromatic N) is 2. The van der Waals surface area contributed by atoms with Crippen LogP contribution in [0.3, 0.4) is 0 Å². The Kier molecular flexibility index (Phi) is 7.91. The van der Waals surface area contributed by atoms with Crippen molar-refractivity contribution in [3.8, 4) is 5.75 Å². The summed E-state index contributed by atoms with van der Waals surface area (Å²) in [6, 6.07) is 13.2. The fourth-order valence-corrected chi connectivity index (χ4v) is 4.33. The minimum atomic E-state index is -1.05. The Morgan fingerprint density at radius 2 is 1.43 bits per heavy atom. The number of carbonyl (C=O) groups is 2. The van der Waals surface area contributed by atoms with Crippen LogP contribution in [0.4, 0.5) is 11.4 Å². The van der Waals surface area contributed by atoms with E-state index in [1.165, 1.54) is 12.1 Å². The Bertz CT molecular complexity index is 1160. The molecule has 0 amide bonds. The summed E-state index contributed by atoms with van der Waals surface area (Å²) in [7, 11) is 1.56. The second-order valence-electron chi connectivity index (χ2n) is 7.72. The van der Waals surface area contributed by atoms with Gasteiger partial charge in [-0.3, -0.25) is 10.1 Å². The maximum Gasteiger partial charge on any atom is 0.336 e. The fourth-order valence-electron chi connectivity index (χ4n) is 4.33. The van der Waals surface area contributed by atoms with E-state index in [1.54, 1.807) is 76.1 Å². The third-order valence-electron chi connectivity index (χ3n) is 5.79. The Labute approximate surface area is 203 Å². The Morgan fingerprint density at radius 1 is 0.914 bits per heavy atom. The molecule has 1 aliphatic heterocycles. The summed E-state index contributed by atoms with van der Waals surface area (Å²) in [5, 5.41) is 11.9. The van der Waals surface area contributed by atoms with E-state index in [2.05, 4.69) is 0 Å². The molecule has 1 heterocycles. The third kappa shape index (κ3) is 4.89. The predicted molar refractivity (Wildman–Crippen MR) is 130 cm³/mol. The smallest absolute Gasteiger partial charge is 0.336 e. The molecular weight excluding hydrogens is 452 g/mol. The second kappa shape index (κ2) is 10.9. The standard InChI is InChI=1S/C26H28N2O7/c1-6-34-25(29)22-16(3)27(18-12-14-19(33-5)15-13-18)17(4)23(26(30)35-7-2)24(22)20-10-8-9-11-21(20)28(31)32/h8-15,24H,6-7H2,1-5H3. The zero-order valence-electron chi connectivity index (χ0n) is 20.4. The van der Waals surface area contributed by atoms with Crippen LogP contribution in [-0.4, -0.2) is 37.2 Å². The summed E-state index contributed by atoms with van der Waals surface area (Å²) in [6.45, 7) is 6.99. The molecule has 0 fully saturated rings. The fraction of sp³-hybridized carbons (Fsp3) is 0.308. The lowest BCUT2D eigenvalue weighted by Gasteiger charge is -2.37. The molecule has 184 valence electrons. The maximum absolute atomic E-state index is 13.3. The molecule has 0 radical (unpaired) electrons. The van der Waals surface area contributed by atoms with Crippen molar-refractivity contribution < 1.29 is 28.7 Å². The molecule has 0 spiro atoms. The first-order chi connectivity index (χ1) is 16.8. The molecule has 35 heavy (non-hydrogen) atoms. The summed E-state index contributed by atoms with van der Waals surface area (Å²) in [6.07, 6.45) is 0. The molecule has 0 atom stereocenters. The highest BCUT2D eigenvalue weighted by Crippen LogP contribution is 2.46. The van der Waals surface area contributed by atoms with Crippen molar-refractivity contribution in [1.29, 1.82) is 0 Å². The van der Waals surface area contributed by atoms with Crippen LogP contribution in [0.15, 0.2) is 71.1 Å². The van der Waals surface area contributed by atoms with Crippen molar-refractivity contribution in [2.24, 2.45) is 0 Å². The number of nitro benzene ring substituents is 1. The third-order valence-corrected chi connectivity index (χ3v) is 5.79. The number of para-hydroxylation sites is 1. The molecule has 0 saturated carbocycles. The quantitative estimate of drug-likeness (QED) is 0.299. The van der Waals surface area contributed by atoms with Crippen LogP contribution in [-0.2, 0) is 19.1 Å². The molecule has 0 aromatic heterocycles. The van der Waals surface area contributed by atoms with Gasteiger partial charge in [0.25, 0.3) is 5.69 Å². The van der Waals surface area contributed by atoms with Gasteiger partial charge in [0.2, 0.25) is 0 Å². The van der Waals surface area contributed by atoms with Gasteiger partial charge < -0.3 is 19.1 Å². The van der Waals surface area contributed by atoms with Crippen molar-refractivity contribution in [3.05, 3.63) is 86.7 Å². The van der Waals surface area contributed by atoms with Crippen molar-refractivity contribution >= 4 is 23.3 Å². The number of allylic oxidation sites excluding steroid dienone is 2. The second-order valence-corrected chi connectivity index (χ2v) is 7.72. The van der Waals surface area contributed by atoms with Gasteiger partial charge in [0.15, 0.2) is 0 Å². The van der Waals surface area contributed by atoms with Crippen molar-refractivity contribution in [2.45, 2.75) is 33.6 Å². The van der Waals surface area contributed by atoms with E-state index in [0.717, 1.165) is 0 Å². The number of anilines is 1. The predicted octanol–water partition coefficient (Wildman–Crippen LogP) is 4.88. The van der Waals surface area contributed by atoms with Crippen LogP contribution in [0.1, 0.15) is 39.2 Å². The van der Waals surface area contributed by atoms with Gasteiger partial charge in [0.05, 0.1) is 42.3 Å². The molecule has 3 rings (SSSR count). The van der Waals surface area contributed by atoms with Gasteiger partial charge in [-0.1, -0.05) is 18.2 Å². The van der Waals surface area contributed by atoms with Crippen LogP contribution in [0.5, 0.6) is 5.75 Å². The number of esters is 2. The Balaban J connectivity index is 2.37. The zero-order valence-corrected chi connectivity index (χ0v) is 20.4. The molecule has 1 aliphatic rings. The molecule has 2 aromatic carbocycles. The summed E-state index contributed by atoms with van der Waals surface area (Å²) < 4.78 is 16.0. The summed E-state index contributed by atoms with van der Waals surface area (Å²) in [5.74, 6) is -1.74. The van der Waals surface area contributed by atoms with E-state index < -0.39 is 22.8 Å². The summed E-state index contributed by atoms with van der Waals surface area (Å²) in [4.78, 5) is 39.7. The number of hydrogen-bond donors (Lipinski definition) is 0. The molecule has 9 heteroatoms. The van der Waals surface area contributed by atoms with E-state index in [9.17, 15) is 19.7 Å². The van der Waals surface area contributed by atoms with Gasteiger partial charge in [0.1, 0.15) is 5.75 Å². The van der Waals surface area contributed by atoms with Gasteiger partial charge in [0, 0.05) is 28.7 Å². The molecule has 2 aromatic rings. The largest absolute Gasteiger partial charge is 0.497 e. The van der Waals surface area contributed by atoms with Crippen molar-refractivity contribution in [3.63, 3.8) is 0 Å². The lowest BCUT2D eigenvalue weighted by atomic mass is 9.79. The molecule has 0 saturated heterocycles. The normalized spacial score (nSPS) is 14.1. The van der Waals surface area contributed by atoms with Crippen LogP contribution >= 0.6 is 0 Å². The zero-order chi connectivity index (χ0) is 25.7. The van der Waals surface area contributed by atoms with Crippen LogP contribution < -0.4 is 9.64 Å². The Morgan fingerprint density at radius 3 is 1.89 bits per heavy atom. The van der Waals surface area contributed by atoms with Crippen LogP contribution in [0, 0.1) is 10.1 Å². The van der Waals surface area contributed by atoms with E-state index in [1.807, 2.05) is 0 Å². The lowest BCUT2D eigenvalue weighted by molar-refractivity contribution is -0.385. The summed E-state index contributed by atoms with van der Waals surface area (Å²) >= 11 is 0. The number of rotatable bonds is 8. The van der Waals surface area contributed by atoms with Gasteiger partial charge in [-0.2, -0.15) is 0 Å². The van der Waals surface area contributed by atoms with Crippen molar-refractivity contribution in [2.75, 3.05) is 25.2 Å². The van der Waals surface area contributed by atoms with Gasteiger partial charge in [-0.25, -0.2) is 9.59 Å². The first kappa shape index (κ1) is 25.5. The number of methoxy groups -OCH3 is 1. The molecule has 9 nitrogen and oxygen atoms in total. The molecule has 0 N–H and O–H groups in total. The lowest BCUT2D eigenvalue weighted by Crippen LogP contribution is -2.35. The summed E-state index contributed by atoms with van der Waals surface area (Å²) in [5.41, 5.74) is 1.91. The maximum atomic E-state index is 13.3. The number of ether oxygens (including phenoxy) is 3. The van der Waals surface area contributed by atoms with Crippen LogP contribution in [0.2, 0.25) is 0 Å². The number of hydrogen-bond acceptors (Lipinski definition) is 8. The van der Waals surface area contributed by atoms with Gasteiger partial charge in [-0.05, 0) is 52.0 Å². The topological polar surface area (TPSA) is 108 Å². The average Bonchev–Trinajstić information content (AvgIpc) is 2.84. The minimum absolute atomic E-state index is 0.0964. The molecule has 0 aliphatic carbocycles. The van der Waals surface area contributed by atoms with E-state index in [4.69, 9.17) is 14.2 Å². The molecular formula is C26H28N2O7. The minimum Gasteiger partial charge on any atom is -0.497 e. The Hall–Kier alpha value is -4.14. The first-order valence-electron chi connectivity index (χ1n) is 11.2. The highest BCUT2D eigenvalue weighted by molar-refractivity contribution is 6.02. The first-order valence-corrected chi connectivity index (χ1v) is 11.2. The number of nitro groups is 1. The van der Waals surface area contributed by atoms with E-state index in [0.29, 0.717) is 22.8 Å². The molecule has 0 bridgehead atoms. The van der Waals surface area contributed by atoms with Gasteiger partial charge >= 0.3 is 11.9 Å². The monoisotopic (exact) mass is 480 g/mol. The van der Waals surface area contributed by atoms with Crippen molar-refractivity contribution in [1.82, 2.24) is 0 Å². The molecule has 0 unspecified atom stereocenters. The highest BCUT2D eigenvalue weighted by Gasteiger charge is 2.43. The van der Waals surface area contributed by atoms with E-state index >= 15 is 0 Å². The van der Waals surface area contributed by atoms with Gasteiger partial charge in [-0.15, -0.1) is 0 Å². The average molecular weight is 481 g/mol. The highest BCUT2D eigenvalue weighted by atomic mass is 16.6.